The lowest BCUT2D eigenvalue weighted by Crippen LogP contribution is -2.41. The highest BCUT2D eigenvalue weighted by Gasteiger charge is 2.31. The van der Waals surface area contributed by atoms with Crippen molar-refractivity contribution in [2.45, 2.75) is 45.1 Å². The predicted octanol–water partition coefficient (Wildman–Crippen LogP) is 4.09. The molecule has 23 heavy (non-hydrogen) atoms. The maximum absolute atomic E-state index is 14.1. The van der Waals surface area contributed by atoms with Gasteiger partial charge in [0.25, 0.3) is 0 Å². The van der Waals surface area contributed by atoms with Crippen LogP contribution in [0.3, 0.4) is 0 Å². The fourth-order valence-corrected chi connectivity index (χ4v) is 2.81. The summed E-state index contributed by atoms with van der Waals surface area (Å²) in [5, 5.41) is 0. The smallest absolute Gasteiger partial charge is 0.410 e. The minimum absolute atomic E-state index is 0.0410. The Morgan fingerprint density at radius 3 is 2.26 bits per heavy atom. The SMILES string of the molecule is COc1c(F)ccc(F)c1C1CCN(C(=O)OC(C)(C)C)CC1. The van der Waals surface area contributed by atoms with Gasteiger partial charge in [-0.3, -0.25) is 0 Å². The second-order valence-corrected chi connectivity index (χ2v) is 6.72. The zero-order chi connectivity index (χ0) is 17.2. The second kappa shape index (κ2) is 6.72. The molecule has 0 aliphatic carbocycles. The summed E-state index contributed by atoms with van der Waals surface area (Å²) in [7, 11) is 1.33. The second-order valence-electron chi connectivity index (χ2n) is 6.72. The van der Waals surface area contributed by atoms with Gasteiger partial charge in [0.1, 0.15) is 11.4 Å². The van der Waals surface area contributed by atoms with Crippen LogP contribution in [0, 0.1) is 11.6 Å². The molecule has 0 atom stereocenters. The average Bonchev–Trinajstić information content (AvgIpc) is 2.47. The first-order valence-electron chi connectivity index (χ1n) is 7.72. The number of likely N-dealkylation sites (tertiary alicyclic amines) is 1. The molecule has 0 N–H and O–H groups in total. The first kappa shape index (κ1) is 17.5. The number of carbonyl (C=O) groups excluding carboxylic acids is 1. The third-order valence-corrected chi connectivity index (χ3v) is 3.85. The number of carbonyl (C=O) groups is 1. The van der Waals surface area contributed by atoms with Crippen molar-refractivity contribution in [1.29, 1.82) is 0 Å². The molecule has 0 bridgehead atoms. The number of hydrogen-bond acceptors (Lipinski definition) is 3. The molecule has 128 valence electrons. The van der Waals surface area contributed by atoms with E-state index in [9.17, 15) is 13.6 Å². The summed E-state index contributed by atoms with van der Waals surface area (Å²) < 4.78 is 38.3. The summed E-state index contributed by atoms with van der Waals surface area (Å²) in [6.45, 7) is 6.32. The van der Waals surface area contributed by atoms with Crippen LogP contribution in [0.15, 0.2) is 12.1 Å². The molecule has 1 aliphatic heterocycles. The summed E-state index contributed by atoms with van der Waals surface area (Å²) >= 11 is 0. The van der Waals surface area contributed by atoms with Crippen molar-refractivity contribution in [2.75, 3.05) is 20.2 Å². The lowest BCUT2D eigenvalue weighted by Gasteiger charge is -2.34. The van der Waals surface area contributed by atoms with E-state index in [2.05, 4.69) is 0 Å². The minimum Gasteiger partial charge on any atom is -0.493 e. The number of rotatable bonds is 2. The Bertz CT molecular complexity index is 576. The van der Waals surface area contributed by atoms with Crippen molar-refractivity contribution < 1.29 is 23.0 Å². The van der Waals surface area contributed by atoms with Gasteiger partial charge in [-0.15, -0.1) is 0 Å². The van der Waals surface area contributed by atoms with Gasteiger partial charge in [-0.2, -0.15) is 0 Å². The zero-order valence-corrected chi connectivity index (χ0v) is 14.0. The van der Waals surface area contributed by atoms with Crippen LogP contribution in [-0.2, 0) is 4.74 Å². The molecule has 1 aliphatic rings. The van der Waals surface area contributed by atoms with Gasteiger partial charge in [0.15, 0.2) is 11.6 Å². The Morgan fingerprint density at radius 2 is 1.74 bits per heavy atom. The lowest BCUT2D eigenvalue weighted by atomic mass is 9.88. The average molecular weight is 327 g/mol. The number of ether oxygens (including phenoxy) is 2. The number of methoxy groups -OCH3 is 1. The fourth-order valence-electron chi connectivity index (χ4n) is 2.81. The summed E-state index contributed by atoms with van der Waals surface area (Å²) in [5.41, 5.74) is -0.289. The highest BCUT2D eigenvalue weighted by atomic mass is 19.1. The van der Waals surface area contributed by atoms with Crippen LogP contribution in [0.4, 0.5) is 13.6 Å². The van der Waals surface area contributed by atoms with Gasteiger partial charge in [0.2, 0.25) is 0 Å². The molecule has 1 amide bonds. The molecule has 4 nitrogen and oxygen atoms in total. The van der Waals surface area contributed by atoms with E-state index in [1.54, 1.807) is 4.90 Å². The number of hydrogen-bond donors (Lipinski definition) is 0. The molecule has 0 radical (unpaired) electrons. The Hall–Kier alpha value is -1.85. The Morgan fingerprint density at radius 1 is 1.17 bits per heavy atom. The molecule has 1 heterocycles. The van der Waals surface area contributed by atoms with Gasteiger partial charge in [-0.1, -0.05) is 0 Å². The maximum Gasteiger partial charge on any atom is 0.410 e. The topological polar surface area (TPSA) is 38.8 Å². The van der Waals surface area contributed by atoms with Crippen molar-refractivity contribution in [3.8, 4) is 5.75 Å². The van der Waals surface area contributed by atoms with E-state index < -0.39 is 17.2 Å². The van der Waals surface area contributed by atoms with Crippen molar-refractivity contribution in [1.82, 2.24) is 4.90 Å². The number of amides is 1. The molecule has 1 aromatic carbocycles. The van der Waals surface area contributed by atoms with Crippen molar-refractivity contribution in [3.63, 3.8) is 0 Å². The lowest BCUT2D eigenvalue weighted by molar-refractivity contribution is 0.0204. The number of nitrogens with zero attached hydrogens (tertiary/aromatic N) is 1. The van der Waals surface area contributed by atoms with E-state index in [-0.39, 0.29) is 23.3 Å². The number of piperidine rings is 1. The van der Waals surface area contributed by atoms with E-state index in [0.717, 1.165) is 12.1 Å². The molecule has 6 heteroatoms. The maximum atomic E-state index is 14.1. The molecule has 0 unspecified atom stereocenters. The van der Waals surface area contributed by atoms with Gasteiger partial charge in [-0.25, -0.2) is 13.6 Å². The van der Waals surface area contributed by atoms with Crippen LogP contribution < -0.4 is 4.74 Å². The first-order chi connectivity index (χ1) is 10.7. The summed E-state index contributed by atoms with van der Waals surface area (Å²) in [4.78, 5) is 13.6. The van der Waals surface area contributed by atoms with Gasteiger partial charge in [-0.05, 0) is 51.7 Å². The Kier molecular flexibility index (Phi) is 5.12. The third kappa shape index (κ3) is 4.12. The van der Waals surface area contributed by atoms with Gasteiger partial charge in [0, 0.05) is 18.7 Å². The van der Waals surface area contributed by atoms with Crippen LogP contribution in [-0.4, -0.2) is 36.8 Å². The predicted molar refractivity (Wildman–Crippen MR) is 82.7 cm³/mol. The molecular formula is C17H23F2NO3. The Labute approximate surface area is 135 Å². The summed E-state index contributed by atoms with van der Waals surface area (Å²) in [6, 6.07) is 2.18. The standard InChI is InChI=1S/C17H23F2NO3/c1-17(2,3)23-16(21)20-9-7-11(8-10-20)14-12(18)5-6-13(19)15(14)22-4/h5-6,11H,7-10H2,1-4H3. The largest absolute Gasteiger partial charge is 0.493 e. The van der Waals surface area contributed by atoms with E-state index >= 15 is 0 Å². The van der Waals surface area contributed by atoms with E-state index in [1.807, 2.05) is 20.8 Å². The van der Waals surface area contributed by atoms with Crippen LogP contribution in [0.25, 0.3) is 0 Å². The van der Waals surface area contributed by atoms with Crippen LogP contribution >= 0.6 is 0 Å². The van der Waals surface area contributed by atoms with Gasteiger partial charge < -0.3 is 14.4 Å². The highest BCUT2D eigenvalue weighted by Crippen LogP contribution is 2.37. The van der Waals surface area contributed by atoms with E-state index in [0.29, 0.717) is 25.9 Å². The zero-order valence-electron chi connectivity index (χ0n) is 14.0. The number of halogens is 2. The van der Waals surface area contributed by atoms with E-state index in [1.165, 1.54) is 7.11 Å². The van der Waals surface area contributed by atoms with Gasteiger partial charge in [0.05, 0.1) is 7.11 Å². The molecule has 1 fully saturated rings. The van der Waals surface area contributed by atoms with Gasteiger partial charge >= 0.3 is 6.09 Å². The minimum atomic E-state index is -0.571. The van der Waals surface area contributed by atoms with Crippen molar-refractivity contribution >= 4 is 6.09 Å². The van der Waals surface area contributed by atoms with Crippen LogP contribution in [0.1, 0.15) is 45.1 Å². The molecule has 0 spiro atoms. The summed E-state index contributed by atoms with van der Waals surface area (Å²) in [5.74, 6) is -1.27. The molecule has 0 aromatic heterocycles. The fraction of sp³-hybridized carbons (Fsp3) is 0.588. The Balaban J connectivity index is 2.08. The molecule has 2 rings (SSSR count). The molecule has 0 saturated carbocycles. The molecule has 1 aromatic rings. The van der Waals surface area contributed by atoms with Crippen molar-refractivity contribution in [2.24, 2.45) is 0 Å². The number of benzene rings is 1. The van der Waals surface area contributed by atoms with Crippen molar-refractivity contribution in [3.05, 3.63) is 29.3 Å². The van der Waals surface area contributed by atoms with Crippen LogP contribution in [0.2, 0.25) is 0 Å². The van der Waals surface area contributed by atoms with Crippen LogP contribution in [0.5, 0.6) is 5.75 Å². The molecule has 1 saturated heterocycles. The third-order valence-electron chi connectivity index (χ3n) is 3.85. The quantitative estimate of drug-likeness (QED) is 0.821. The van der Waals surface area contributed by atoms with E-state index in [4.69, 9.17) is 9.47 Å². The highest BCUT2D eigenvalue weighted by molar-refractivity contribution is 5.68. The monoisotopic (exact) mass is 327 g/mol. The summed E-state index contributed by atoms with van der Waals surface area (Å²) in [6.07, 6.45) is 0.703. The first-order valence-corrected chi connectivity index (χ1v) is 7.72. The molecular weight excluding hydrogens is 304 g/mol. The normalized spacial score (nSPS) is 16.3.